The molecule has 0 aromatic carbocycles. The molecule has 2 nitrogen and oxygen atoms in total. The molecule has 0 saturated carbocycles. The summed E-state index contributed by atoms with van der Waals surface area (Å²) in [6.07, 6.45) is 0. The maximum absolute atomic E-state index is 10.4. The highest BCUT2D eigenvalue weighted by Crippen LogP contribution is 2.23. The molecule has 0 spiro atoms. The van der Waals surface area contributed by atoms with Crippen molar-refractivity contribution >= 4 is 39.9 Å². The molecule has 4 heteroatoms. The van der Waals surface area contributed by atoms with Gasteiger partial charge in [-0.05, 0) is 22.6 Å². The third kappa shape index (κ3) is 2.26. The van der Waals surface area contributed by atoms with Crippen molar-refractivity contribution < 1.29 is 9.53 Å². The van der Waals surface area contributed by atoms with E-state index in [-0.39, 0.29) is 5.97 Å². The van der Waals surface area contributed by atoms with Crippen LogP contribution in [0.3, 0.4) is 0 Å². The van der Waals surface area contributed by atoms with Gasteiger partial charge in [0.15, 0.2) is 5.06 Å². The second kappa shape index (κ2) is 3.34. The first-order valence-electron chi connectivity index (χ1n) is 2.61. The molecule has 0 aliphatic heterocycles. The van der Waals surface area contributed by atoms with Crippen LogP contribution in [0, 0.1) is 3.57 Å². The van der Waals surface area contributed by atoms with E-state index < -0.39 is 0 Å². The zero-order valence-electron chi connectivity index (χ0n) is 5.26. The van der Waals surface area contributed by atoms with E-state index in [9.17, 15) is 4.79 Å². The first-order valence-corrected chi connectivity index (χ1v) is 4.57. The first kappa shape index (κ1) is 8.00. The average molecular weight is 268 g/mol. The predicted molar refractivity (Wildman–Crippen MR) is 48.3 cm³/mol. The summed E-state index contributed by atoms with van der Waals surface area (Å²) in [6.45, 7) is 1.40. The third-order valence-corrected chi connectivity index (χ3v) is 2.64. The van der Waals surface area contributed by atoms with Gasteiger partial charge in [-0.15, -0.1) is 11.3 Å². The molecule has 10 heavy (non-hydrogen) atoms. The number of esters is 1. The summed E-state index contributed by atoms with van der Waals surface area (Å²) >= 11 is 3.59. The SMILES string of the molecule is CC(=O)Oc1cc(I)cs1. The molecule has 1 heterocycles. The largest absolute Gasteiger partial charge is 0.416 e. The topological polar surface area (TPSA) is 26.3 Å². The molecule has 0 aliphatic rings. The average Bonchev–Trinajstić information content (AvgIpc) is 2.13. The quantitative estimate of drug-likeness (QED) is 0.577. The van der Waals surface area contributed by atoms with Gasteiger partial charge in [0.2, 0.25) is 0 Å². The van der Waals surface area contributed by atoms with Crippen molar-refractivity contribution in [2.24, 2.45) is 0 Å². The maximum atomic E-state index is 10.4. The van der Waals surface area contributed by atoms with E-state index in [1.807, 2.05) is 11.4 Å². The highest BCUT2D eigenvalue weighted by Gasteiger charge is 1.99. The molecule has 0 fully saturated rings. The van der Waals surface area contributed by atoms with E-state index in [0.29, 0.717) is 5.06 Å². The summed E-state index contributed by atoms with van der Waals surface area (Å²) < 4.78 is 5.91. The number of rotatable bonds is 1. The van der Waals surface area contributed by atoms with Gasteiger partial charge in [-0.1, -0.05) is 0 Å². The fourth-order valence-corrected chi connectivity index (χ4v) is 2.02. The van der Waals surface area contributed by atoms with Gasteiger partial charge in [0.1, 0.15) is 0 Å². The van der Waals surface area contributed by atoms with Gasteiger partial charge in [-0.3, -0.25) is 4.79 Å². The third-order valence-electron chi connectivity index (χ3n) is 0.788. The zero-order chi connectivity index (χ0) is 7.56. The van der Waals surface area contributed by atoms with E-state index in [2.05, 4.69) is 22.6 Å². The van der Waals surface area contributed by atoms with E-state index in [4.69, 9.17) is 4.74 Å². The smallest absolute Gasteiger partial charge is 0.308 e. The monoisotopic (exact) mass is 268 g/mol. The van der Waals surface area contributed by atoms with Crippen molar-refractivity contribution in [3.8, 4) is 5.06 Å². The Morgan fingerprint density at radius 3 is 2.90 bits per heavy atom. The molecular formula is C6H5IO2S. The fourth-order valence-electron chi connectivity index (χ4n) is 0.490. The van der Waals surface area contributed by atoms with Crippen LogP contribution in [0.15, 0.2) is 11.4 Å². The maximum Gasteiger partial charge on any atom is 0.308 e. The van der Waals surface area contributed by atoms with Crippen molar-refractivity contribution in [1.82, 2.24) is 0 Å². The number of halogens is 1. The molecule has 0 unspecified atom stereocenters. The van der Waals surface area contributed by atoms with Gasteiger partial charge in [0.05, 0.1) is 0 Å². The highest BCUT2D eigenvalue weighted by molar-refractivity contribution is 14.1. The summed E-state index contributed by atoms with van der Waals surface area (Å²) in [4.78, 5) is 10.4. The molecular weight excluding hydrogens is 263 g/mol. The van der Waals surface area contributed by atoms with Crippen LogP contribution in [-0.2, 0) is 4.79 Å². The number of thiophene rings is 1. The van der Waals surface area contributed by atoms with Crippen molar-refractivity contribution in [2.75, 3.05) is 0 Å². The Kier molecular flexibility index (Phi) is 2.67. The van der Waals surface area contributed by atoms with E-state index in [0.717, 1.165) is 3.57 Å². The minimum atomic E-state index is -0.266. The van der Waals surface area contributed by atoms with Gasteiger partial charge < -0.3 is 4.74 Å². The molecule has 0 amide bonds. The Labute approximate surface area is 76.3 Å². The number of carbonyl (C=O) groups excluding carboxylic acids is 1. The molecule has 0 saturated heterocycles. The number of ether oxygens (including phenoxy) is 1. The van der Waals surface area contributed by atoms with Crippen LogP contribution in [0.5, 0.6) is 5.06 Å². The van der Waals surface area contributed by atoms with Gasteiger partial charge in [-0.2, -0.15) is 0 Å². The number of hydrogen-bond donors (Lipinski definition) is 0. The lowest BCUT2D eigenvalue weighted by Crippen LogP contribution is -1.98. The summed E-state index contributed by atoms with van der Waals surface area (Å²) in [7, 11) is 0. The fraction of sp³-hybridized carbons (Fsp3) is 0.167. The molecule has 0 aliphatic carbocycles. The van der Waals surface area contributed by atoms with Crippen LogP contribution in [0.1, 0.15) is 6.92 Å². The second-order valence-corrected chi connectivity index (χ2v) is 3.80. The normalized spacial score (nSPS) is 9.40. The van der Waals surface area contributed by atoms with E-state index >= 15 is 0 Å². The molecule has 0 atom stereocenters. The Hall–Kier alpha value is -0.100. The van der Waals surface area contributed by atoms with Crippen molar-refractivity contribution in [3.63, 3.8) is 0 Å². The van der Waals surface area contributed by atoms with Crippen LogP contribution < -0.4 is 4.74 Å². The Balaban J connectivity index is 2.67. The lowest BCUT2D eigenvalue weighted by Gasteiger charge is -1.92. The number of hydrogen-bond acceptors (Lipinski definition) is 3. The Morgan fingerprint density at radius 1 is 1.80 bits per heavy atom. The lowest BCUT2D eigenvalue weighted by molar-refractivity contribution is -0.131. The molecule has 54 valence electrons. The number of carbonyl (C=O) groups is 1. The molecule has 1 aromatic rings. The minimum Gasteiger partial charge on any atom is -0.416 e. The summed E-state index contributed by atoms with van der Waals surface area (Å²) in [6, 6.07) is 1.83. The van der Waals surface area contributed by atoms with Crippen LogP contribution in [-0.4, -0.2) is 5.97 Å². The van der Waals surface area contributed by atoms with Crippen molar-refractivity contribution in [2.45, 2.75) is 6.92 Å². The molecule has 0 N–H and O–H groups in total. The molecule has 0 radical (unpaired) electrons. The Bertz CT molecular complexity index is 244. The van der Waals surface area contributed by atoms with Gasteiger partial charge in [-0.25, -0.2) is 0 Å². The van der Waals surface area contributed by atoms with Gasteiger partial charge in [0, 0.05) is 21.9 Å². The summed E-state index contributed by atoms with van der Waals surface area (Å²) in [5, 5.41) is 2.59. The highest BCUT2D eigenvalue weighted by atomic mass is 127. The van der Waals surface area contributed by atoms with Crippen LogP contribution in [0.2, 0.25) is 0 Å². The summed E-state index contributed by atoms with van der Waals surface area (Å²) in [5.74, 6) is -0.266. The Morgan fingerprint density at radius 2 is 2.50 bits per heavy atom. The van der Waals surface area contributed by atoms with Crippen LogP contribution in [0.4, 0.5) is 0 Å². The van der Waals surface area contributed by atoms with Crippen LogP contribution in [0.25, 0.3) is 0 Å². The van der Waals surface area contributed by atoms with E-state index in [1.54, 1.807) is 0 Å². The van der Waals surface area contributed by atoms with Crippen molar-refractivity contribution in [1.29, 1.82) is 0 Å². The van der Waals surface area contributed by atoms with E-state index in [1.165, 1.54) is 18.3 Å². The lowest BCUT2D eigenvalue weighted by atomic mass is 10.6. The molecule has 1 aromatic heterocycles. The van der Waals surface area contributed by atoms with Gasteiger partial charge >= 0.3 is 5.97 Å². The van der Waals surface area contributed by atoms with Crippen molar-refractivity contribution in [3.05, 3.63) is 15.0 Å². The zero-order valence-corrected chi connectivity index (χ0v) is 8.23. The standard InChI is InChI=1S/C6H5IO2S/c1-4(8)9-6-2-5(7)3-10-6/h2-3H,1H3. The minimum absolute atomic E-state index is 0.266. The summed E-state index contributed by atoms with van der Waals surface area (Å²) in [5.41, 5.74) is 0. The predicted octanol–water partition coefficient (Wildman–Crippen LogP) is 2.28. The van der Waals surface area contributed by atoms with Crippen LogP contribution >= 0.6 is 33.9 Å². The first-order chi connectivity index (χ1) is 4.68. The molecule has 0 bridgehead atoms. The molecule has 1 rings (SSSR count). The second-order valence-electron chi connectivity index (χ2n) is 1.68. The van der Waals surface area contributed by atoms with Gasteiger partial charge in [0.25, 0.3) is 0 Å².